The highest BCUT2D eigenvalue weighted by molar-refractivity contribution is 5.77. The van der Waals surface area contributed by atoms with Gasteiger partial charge in [-0.25, -0.2) is 4.79 Å². The van der Waals surface area contributed by atoms with E-state index in [0.717, 1.165) is 6.42 Å². The van der Waals surface area contributed by atoms with E-state index in [9.17, 15) is 9.59 Å². The van der Waals surface area contributed by atoms with Gasteiger partial charge in [0.15, 0.2) is 0 Å². The monoisotopic (exact) mass is 274 g/mol. The van der Waals surface area contributed by atoms with E-state index >= 15 is 0 Å². The van der Waals surface area contributed by atoms with E-state index in [1.54, 1.807) is 0 Å². The fourth-order valence-electron chi connectivity index (χ4n) is 0.895. The Bertz CT molecular complexity index is 307. The molecule has 0 spiro atoms. The minimum absolute atomic E-state index is 0.00181. The number of ether oxygens (including phenoxy) is 1. The molecule has 5 nitrogen and oxygen atoms in total. The average Bonchev–Trinajstić information content (AvgIpc) is 2.33. The van der Waals surface area contributed by atoms with Gasteiger partial charge in [0.25, 0.3) is 0 Å². The van der Waals surface area contributed by atoms with Gasteiger partial charge in [0.1, 0.15) is 11.2 Å². The van der Waals surface area contributed by atoms with Crippen LogP contribution >= 0.6 is 0 Å². The van der Waals surface area contributed by atoms with E-state index < -0.39 is 23.1 Å². The average molecular weight is 274 g/mol. The lowest BCUT2D eigenvalue weighted by atomic mass is 10.1. The van der Waals surface area contributed by atoms with Crippen molar-refractivity contribution in [2.75, 3.05) is 0 Å². The molecule has 5 heteroatoms. The second-order valence-corrected chi connectivity index (χ2v) is 5.74. The minimum atomic E-state index is -0.562. The molecule has 0 aliphatic heterocycles. The summed E-state index contributed by atoms with van der Waals surface area (Å²) in [6.07, 6.45) is 1.39. The smallest absolute Gasteiger partial charge is 0.342 e. The van der Waals surface area contributed by atoms with Crippen LogP contribution in [-0.4, -0.2) is 23.1 Å². The first kappa shape index (κ1) is 17.9. The Morgan fingerprint density at radius 2 is 1.32 bits per heavy atom. The summed E-state index contributed by atoms with van der Waals surface area (Å²) < 4.78 is 5.22. The Hall–Kier alpha value is -1.10. The third-order valence-corrected chi connectivity index (χ3v) is 2.99. The van der Waals surface area contributed by atoms with Crippen LogP contribution in [-0.2, 0) is 24.1 Å². The lowest BCUT2D eigenvalue weighted by Gasteiger charge is -2.23. The van der Waals surface area contributed by atoms with Gasteiger partial charge in [0.2, 0.25) is 0 Å². The standard InChI is InChI=1S/C14H26O5/c1-7-13(3,4)17-11(15)9-10-12(16)18-19-14(5,6)8-2/h7-10H2,1-6H3. The second-order valence-electron chi connectivity index (χ2n) is 5.74. The number of carbonyl (C=O) groups is 2. The zero-order valence-corrected chi connectivity index (χ0v) is 12.9. The minimum Gasteiger partial charge on any atom is -0.460 e. The first-order valence-electron chi connectivity index (χ1n) is 6.72. The van der Waals surface area contributed by atoms with Gasteiger partial charge in [-0.3, -0.25) is 9.68 Å². The topological polar surface area (TPSA) is 61.8 Å². The van der Waals surface area contributed by atoms with Crippen LogP contribution in [0, 0.1) is 0 Å². The predicted octanol–water partition coefficient (Wildman–Crippen LogP) is 3.16. The molecule has 0 aliphatic carbocycles. The maximum atomic E-state index is 11.5. The third kappa shape index (κ3) is 8.59. The normalized spacial score (nSPS) is 12.1. The van der Waals surface area contributed by atoms with Crippen LogP contribution in [0.5, 0.6) is 0 Å². The molecule has 19 heavy (non-hydrogen) atoms. The summed E-state index contributed by atoms with van der Waals surface area (Å²) in [5, 5.41) is 0. The zero-order chi connectivity index (χ0) is 15.1. The number of hydrogen-bond acceptors (Lipinski definition) is 5. The summed E-state index contributed by atoms with van der Waals surface area (Å²) >= 11 is 0. The summed E-state index contributed by atoms with van der Waals surface area (Å²) in [4.78, 5) is 32.5. The van der Waals surface area contributed by atoms with E-state index in [-0.39, 0.29) is 12.8 Å². The summed E-state index contributed by atoms with van der Waals surface area (Å²) in [5.41, 5.74) is -1.01. The van der Waals surface area contributed by atoms with Crippen molar-refractivity contribution in [3.8, 4) is 0 Å². The van der Waals surface area contributed by atoms with Gasteiger partial charge >= 0.3 is 11.9 Å². The Labute approximate surface area is 115 Å². The molecule has 0 heterocycles. The summed E-state index contributed by atoms with van der Waals surface area (Å²) in [6, 6.07) is 0. The molecule has 112 valence electrons. The molecule has 0 saturated heterocycles. The molecular weight excluding hydrogens is 248 g/mol. The van der Waals surface area contributed by atoms with E-state index in [1.807, 2.05) is 41.5 Å². The molecule has 0 radical (unpaired) electrons. The molecule has 0 amide bonds. The van der Waals surface area contributed by atoms with Crippen molar-refractivity contribution < 1.29 is 24.1 Å². The molecule has 0 aromatic rings. The Morgan fingerprint density at radius 3 is 1.79 bits per heavy atom. The predicted molar refractivity (Wildman–Crippen MR) is 71.2 cm³/mol. The number of hydrogen-bond donors (Lipinski definition) is 0. The van der Waals surface area contributed by atoms with Gasteiger partial charge in [0.05, 0.1) is 12.8 Å². The molecule has 0 saturated carbocycles. The highest BCUT2D eigenvalue weighted by Gasteiger charge is 2.22. The molecule has 0 bridgehead atoms. The first-order chi connectivity index (χ1) is 8.62. The molecule has 0 unspecified atom stereocenters. The van der Waals surface area contributed by atoms with Crippen LogP contribution in [0.15, 0.2) is 0 Å². The number of carbonyl (C=O) groups excluding carboxylic acids is 2. The SMILES string of the molecule is CCC(C)(C)OOC(=O)CCC(=O)OC(C)(C)CC. The van der Waals surface area contributed by atoms with Gasteiger partial charge in [-0.1, -0.05) is 13.8 Å². The maximum Gasteiger partial charge on any atom is 0.342 e. The summed E-state index contributed by atoms with van der Waals surface area (Å²) in [6.45, 7) is 11.2. The molecule has 0 rings (SSSR count). The largest absolute Gasteiger partial charge is 0.460 e. The Kier molecular flexibility index (Phi) is 7.05. The van der Waals surface area contributed by atoms with E-state index in [2.05, 4.69) is 4.89 Å². The quantitative estimate of drug-likeness (QED) is 0.386. The van der Waals surface area contributed by atoms with E-state index in [0.29, 0.717) is 6.42 Å². The molecular formula is C14H26O5. The summed E-state index contributed by atoms with van der Waals surface area (Å²) in [5.74, 6) is -0.966. The van der Waals surface area contributed by atoms with Crippen molar-refractivity contribution in [2.45, 2.75) is 78.4 Å². The van der Waals surface area contributed by atoms with Crippen LogP contribution in [0.25, 0.3) is 0 Å². The van der Waals surface area contributed by atoms with Gasteiger partial charge in [-0.2, -0.15) is 4.89 Å². The van der Waals surface area contributed by atoms with Crippen LogP contribution in [0.4, 0.5) is 0 Å². The highest BCUT2D eigenvalue weighted by atomic mass is 17.2. The lowest BCUT2D eigenvalue weighted by Crippen LogP contribution is -2.28. The van der Waals surface area contributed by atoms with Crippen molar-refractivity contribution in [1.29, 1.82) is 0 Å². The second kappa shape index (κ2) is 7.48. The van der Waals surface area contributed by atoms with Crippen molar-refractivity contribution in [2.24, 2.45) is 0 Å². The lowest BCUT2D eigenvalue weighted by molar-refractivity contribution is -0.325. The van der Waals surface area contributed by atoms with E-state index in [1.165, 1.54) is 0 Å². The zero-order valence-electron chi connectivity index (χ0n) is 12.9. The molecule has 0 aromatic carbocycles. The van der Waals surface area contributed by atoms with Crippen molar-refractivity contribution in [3.05, 3.63) is 0 Å². The maximum absolute atomic E-state index is 11.5. The van der Waals surface area contributed by atoms with Gasteiger partial charge < -0.3 is 4.74 Å². The third-order valence-electron chi connectivity index (χ3n) is 2.99. The van der Waals surface area contributed by atoms with Gasteiger partial charge in [-0.05, 0) is 40.5 Å². The molecule has 0 aliphatic rings. The van der Waals surface area contributed by atoms with Gasteiger partial charge in [0, 0.05) is 0 Å². The number of rotatable bonds is 8. The fraction of sp³-hybridized carbons (Fsp3) is 0.857. The van der Waals surface area contributed by atoms with Crippen molar-refractivity contribution in [3.63, 3.8) is 0 Å². The molecule has 0 fully saturated rings. The fourth-order valence-corrected chi connectivity index (χ4v) is 0.895. The molecule has 0 N–H and O–H groups in total. The summed E-state index contributed by atoms with van der Waals surface area (Å²) in [7, 11) is 0. The van der Waals surface area contributed by atoms with E-state index in [4.69, 9.17) is 9.62 Å². The molecule has 0 aromatic heterocycles. The van der Waals surface area contributed by atoms with Crippen LogP contribution in [0.3, 0.4) is 0 Å². The first-order valence-corrected chi connectivity index (χ1v) is 6.72. The van der Waals surface area contributed by atoms with Crippen LogP contribution in [0.2, 0.25) is 0 Å². The number of esters is 1. The highest BCUT2D eigenvalue weighted by Crippen LogP contribution is 2.16. The van der Waals surface area contributed by atoms with Crippen molar-refractivity contribution in [1.82, 2.24) is 0 Å². The Morgan fingerprint density at radius 1 is 0.842 bits per heavy atom. The van der Waals surface area contributed by atoms with Crippen LogP contribution in [0.1, 0.15) is 67.2 Å². The molecule has 0 atom stereocenters. The Balaban J connectivity index is 3.95. The van der Waals surface area contributed by atoms with Crippen molar-refractivity contribution >= 4 is 11.9 Å². The van der Waals surface area contributed by atoms with Crippen LogP contribution < -0.4 is 0 Å². The van der Waals surface area contributed by atoms with Gasteiger partial charge in [-0.15, -0.1) is 0 Å².